The number of likely N-dealkylation sites (N-methyl/N-ethyl adjacent to an activating group) is 1. The third-order valence-corrected chi connectivity index (χ3v) is 10.1. The monoisotopic (exact) mass is 636 g/mol. The van der Waals surface area contributed by atoms with E-state index in [1.807, 2.05) is 19.1 Å². The van der Waals surface area contributed by atoms with Crippen LogP contribution in [-0.2, 0) is 27.6 Å². The van der Waals surface area contributed by atoms with Gasteiger partial charge in [-0.05, 0) is 85.0 Å². The van der Waals surface area contributed by atoms with Gasteiger partial charge < -0.3 is 20.1 Å². The van der Waals surface area contributed by atoms with Crippen LogP contribution in [0.1, 0.15) is 39.5 Å². The fourth-order valence-electron chi connectivity index (χ4n) is 6.08. The van der Waals surface area contributed by atoms with Crippen molar-refractivity contribution in [3.8, 4) is 22.3 Å². The number of fused-ring (bicyclic) bond motifs is 2. The first kappa shape index (κ1) is 31.1. The van der Waals surface area contributed by atoms with Crippen molar-refractivity contribution in [2.45, 2.75) is 43.7 Å². The van der Waals surface area contributed by atoms with E-state index in [0.29, 0.717) is 39.1 Å². The third-order valence-electron chi connectivity index (χ3n) is 8.40. The molecule has 0 aliphatic carbocycles. The number of anilines is 1. The zero-order valence-corrected chi connectivity index (χ0v) is 27.5. The molecule has 0 bridgehead atoms. The summed E-state index contributed by atoms with van der Waals surface area (Å²) in [6.45, 7) is 7.13. The molecule has 2 aromatic heterocycles. The number of hydrogen-bond acceptors (Lipinski definition) is 7. The average molecular weight is 637 g/mol. The maximum absolute atomic E-state index is 14.4. The lowest BCUT2D eigenvalue weighted by Crippen LogP contribution is -2.27. The van der Waals surface area contributed by atoms with Gasteiger partial charge >= 0.3 is 0 Å². The van der Waals surface area contributed by atoms with Crippen molar-refractivity contribution in [1.82, 2.24) is 24.8 Å². The molecule has 0 saturated heterocycles. The summed E-state index contributed by atoms with van der Waals surface area (Å²) < 4.78 is 28.7. The number of amides is 2. The molecule has 0 atom stereocenters. The molecule has 2 amide bonds. The van der Waals surface area contributed by atoms with Gasteiger partial charge in [0.1, 0.15) is 5.52 Å². The minimum atomic E-state index is -4.11. The number of nitrogens with zero attached hydrogens (tertiary/aromatic N) is 4. The Morgan fingerprint density at radius 1 is 1.00 bits per heavy atom. The number of aromatic amines is 1. The highest BCUT2D eigenvalue weighted by molar-refractivity contribution is 7.91. The number of H-pyrrole nitrogens is 1. The van der Waals surface area contributed by atoms with Crippen LogP contribution in [0.15, 0.2) is 70.8 Å². The minimum absolute atomic E-state index is 0.168. The maximum atomic E-state index is 14.4. The molecule has 3 heterocycles. The van der Waals surface area contributed by atoms with E-state index >= 15 is 0 Å². The van der Waals surface area contributed by atoms with E-state index in [1.54, 1.807) is 44.6 Å². The molecule has 0 spiro atoms. The first-order valence-corrected chi connectivity index (χ1v) is 16.5. The quantitative estimate of drug-likeness (QED) is 0.256. The van der Waals surface area contributed by atoms with Gasteiger partial charge in [0.2, 0.25) is 15.7 Å². The number of benzene rings is 3. The van der Waals surface area contributed by atoms with Crippen molar-refractivity contribution < 1.29 is 18.0 Å². The number of rotatable bonds is 6. The number of carbonyl (C=O) groups excluding carboxylic acids is 2. The number of nitrogens with one attached hydrogen (secondary N) is 2. The number of sulfone groups is 1. The van der Waals surface area contributed by atoms with E-state index in [0.717, 1.165) is 36.2 Å². The Balaban J connectivity index is 1.46. The van der Waals surface area contributed by atoms with Gasteiger partial charge in [-0.1, -0.05) is 24.3 Å². The summed E-state index contributed by atoms with van der Waals surface area (Å²) in [7, 11) is 1.25. The summed E-state index contributed by atoms with van der Waals surface area (Å²) in [6, 6.07) is 14.7. The van der Waals surface area contributed by atoms with Crippen LogP contribution in [-0.4, -0.2) is 72.7 Å². The molecule has 0 unspecified atom stereocenters. The zero-order valence-electron chi connectivity index (χ0n) is 26.7. The second kappa shape index (κ2) is 11.8. The molecule has 0 fully saturated rings. The van der Waals surface area contributed by atoms with E-state index < -0.39 is 9.84 Å². The van der Waals surface area contributed by atoms with E-state index in [2.05, 4.69) is 51.3 Å². The summed E-state index contributed by atoms with van der Waals surface area (Å²) in [5.41, 5.74) is 8.59. The lowest BCUT2D eigenvalue weighted by Gasteiger charge is -2.27. The van der Waals surface area contributed by atoms with Gasteiger partial charge in [-0.3, -0.25) is 9.59 Å². The number of aryl methyl sites for hydroxylation is 2. The fourth-order valence-corrected chi connectivity index (χ4v) is 7.52. The van der Waals surface area contributed by atoms with Gasteiger partial charge in [-0.15, -0.1) is 0 Å². The Morgan fingerprint density at radius 2 is 1.78 bits per heavy atom. The van der Waals surface area contributed by atoms with Crippen LogP contribution < -0.4 is 5.32 Å². The van der Waals surface area contributed by atoms with Crippen LogP contribution in [0.25, 0.3) is 33.4 Å². The van der Waals surface area contributed by atoms with Gasteiger partial charge in [0, 0.05) is 51.4 Å². The third kappa shape index (κ3) is 5.67. The Morgan fingerprint density at radius 3 is 2.52 bits per heavy atom. The van der Waals surface area contributed by atoms with Crippen LogP contribution >= 0.6 is 0 Å². The van der Waals surface area contributed by atoms with Crippen molar-refractivity contribution in [3.05, 3.63) is 88.7 Å². The number of hydrogen-bond donors (Lipinski definition) is 2. The second-order valence-corrected chi connectivity index (χ2v) is 14.0. The minimum Gasteiger partial charge on any atom is -0.345 e. The topological polar surface area (TPSA) is 128 Å². The van der Waals surface area contributed by atoms with E-state index in [4.69, 9.17) is 0 Å². The Hall–Kier alpha value is -4.87. The van der Waals surface area contributed by atoms with Crippen molar-refractivity contribution in [3.63, 3.8) is 0 Å². The molecular weight excluding hydrogens is 600 g/mol. The molecule has 1 aliphatic rings. The van der Waals surface area contributed by atoms with Gasteiger partial charge in [0.05, 0.1) is 22.3 Å². The van der Waals surface area contributed by atoms with Crippen molar-refractivity contribution in [2.75, 3.05) is 33.0 Å². The largest absolute Gasteiger partial charge is 0.345 e. The summed E-state index contributed by atoms with van der Waals surface area (Å²) in [5, 5.41) is 2.56. The van der Waals surface area contributed by atoms with E-state index in [1.165, 1.54) is 29.1 Å². The summed E-state index contributed by atoms with van der Waals surface area (Å²) >= 11 is 0. The van der Waals surface area contributed by atoms with Crippen LogP contribution in [0, 0.1) is 13.8 Å². The van der Waals surface area contributed by atoms with Crippen LogP contribution in [0.3, 0.4) is 0 Å². The lowest BCUT2D eigenvalue weighted by atomic mass is 9.90. The first-order valence-electron chi connectivity index (χ1n) is 15.0. The Kier molecular flexibility index (Phi) is 7.99. The lowest BCUT2D eigenvalue weighted by molar-refractivity contribution is -0.114. The maximum Gasteiger partial charge on any atom is 0.255 e. The fraction of sp³-hybridized carbons (Fsp3) is 0.257. The molecule has 2 N–H and O–H groups in total. The van der Waals surface area contributed by atoms with E-state index in [9.17, 15) is 18.0 Å². The van der Waals surface area contributed by atoms with Gasteiger partial charge in [-0.2, -0.15) is 0 Å². The second-order valence-electron chi connectivity index (χ2n) is 12.2. The molecule has 236 valence electrons. The first-order chi connectivity index (χ1) is 21.8. The van der Waals surface area contributed by atoms with Gasteiger partial charge in [0.15, 0.2) is 10.7 Å². The van der Waals surface area contributed by atoms with Crippen LogP contribution in [0.5, 0.6) is 0 Å². The normalized spacial score (nSPS) is 13.4. The van der Waals surface area contributed by atoms with Gasteiger partial charge in [0.25, 0.3) is 5.91 Å². The SMILES string of the molecule is CC(=O)Nc1cc(-c2c[nH]c3ncc(S(=O)(=O)c4cc(C)ccc4-c4cc(C)c5c(c4)CN(C)CC5)nc23)ccc1C(=O)N(C)C. The number of carbonyl (C=O) groups is 2. The van der Waals surface area contributed by atoms with Crippen molar-refractivity contribution >= 4 is 38.5 Å². The highest BCUT2D eigenvalue weighted by Crippen LogP contribution is 2.36. The molecule has 5 aromatic rings. The standard InChI is InChI=1S/C35H36N6O4S/c1-20-7-9-27(24-14-21(2)26-11-12-41(6)19-25(26)15-24)31(13-20)46(44,45)32-18-37-34-33(39-32)29(17-36-34)23-8-10-28(35(43)40(4)5)30(16-23)38-22(3)42/h7-10,13-18H,11-12,19H2,1-6H3,(H,36,37)(H,38,42). The molecule has 10 nitrogen and oxygen atoms in total. The molecule has 1 aliphatic heterocycles. The van der Waals surface area contributed by atoms with Crippen LogP contribution in [0.4, 0.5) is 5.69 Å². The van der Waals surface area contributed by atoms with Crippen molar-refractivity contribution in [1.29, 1.82) is 0 Å². The molecule has 46 heavy (non-hydrogen) atoms. The van der Waals surface area contributed by atoms with Crippen LogP contribution in [0.2, 0.25) is 0 Å². The van der Waals surface area contributed by atoms with Crippen molar-refractivity contribution in [2.24, 2.45) is 0 Å². The summed E-state index contributed by atoms with van der Waals surface area (Å²) in [5.74, 6) is -0.593. The Bertz CT molecular complexity index is 2150. The number of aromatic nitrogens is 3. The molecule has 0 radical (unpaired) electrons. The predicted octanol–water partition coefficient (Wildman–Crippen LogP) is 5.39. The smallest absolute Gasteiger partial charge is 0.255 e. The van der Waals surface area contributed by atoms with Gasteiger partial charge in [-0.25, -0.2) is 18.4 Å². The highest BCUT2D eigenvalue weighted by Gasteiger charge is 2.27. The summed E-state index contributed by atoms with van der Waals surface area (Å²) in [6.07, 6.45) is 3.93. The predicted molar refractivity (Wildman–Crippen MR) is 178 cm³/mol. The zero-order chi connectivity index (χ0) is 32.9. The molecular formula is C35H36N6O4S. The summed E-state index contributed by atoms with van der Waals surface area (Å²) in [4.78, 5) is 40.8. The highest BCUT2D eigenvalue weighted by atomic mass is 32.2. The average Bonchev–Trinajstić information content (AvgIpc) is 3.43. The van der Waals surface area contributed by atoms with E-state index in [-0.39, 0.29) is 21.7 Å². The molecule has 6 rings (SSSR count). The molecule has 0 saturated carbocycles. The Labute approximate surface area is 268 Å². The molecule has 11 heteroatoms. The molecule has 3 aromatic carbocycles.